The molecule has 1 aliphatic heterocycles. The number of hydrogen-bond donors (Lipinski definition) is 0. The van der Waals surface area contributed by atoms with Crippen molar-refractivity contribution in [3.05, 3.63) is 0 Å². The van der Waals surface area contributed by atoms with E-state index in [0.29, 0.717) is 13.0 Å². The van der Waals surface area contributed by atoms with Crippen LogP contribution in [0, 0.1) is 0 Å². The zero-order valence-corrected chi connectivity index (χ0v) is 11.4. The summed E-state index contributed by atoms with van der Waals surface area (Å²) in [5.41, 5.74) is -0.535. The molecule has 0 aromatic rings. The Kier molecular flexibility index (Phi) is 5.10. The molecule has 6 nitrogen and oxygen atoms in total. The molecule has 18 heavy (non-hydrogen) atoms. The Morgan fingerprint density at radius 1 is 1.33 bits per heavy atom. The van der Waals surface area contributed by atoms with Gasteiger partial charge >= 0.3 is 11.9 Å². The van der Waals surface area contributed by atoms with Crippen molar-refractivity contribution in [2.45, 2.75) is 45.3 Å². The number of nitrogens with zero attached hydrogens (tertiary/aromatic N) is 1. The molecule has 104 valence electrons. The molecule has 0 unspecified atom stereocenters. The first kappa shape index (κ1) is 14.9. The maximum atomic E-state index is 11.5. The molecular weight excluding hydrogens is 238 g/mol. The Morgan fingerprint density at radius 2 is 2.00 bits per heavy atom. The molecule has 1 heterocycles. The van der Waals surface area contributed by atoms with E-state index in [1.165, 1.54) is 12.2 Å². The Labute approximate surface area is 107 Å². The maximum absolute atomic E-state index is 11.5. The van der Waals surface area contributed by atoms with Gasteiger partial charge in [-0.15, -0.1) is 0 Å². The summed E-state index contributed by atoms with van der Waals surface area (Å²) in [6.07, 6.45) is 1.52. The summed E-state index contributed by atoms with van der Waals surface area (Å²) in [5, 5.41) is 1.50. The first-order valence-corrected chi connectivity index (χ1v) is 6.03. The number of hydrogen-bond acceptors (Lipinski definition) is 6. The molecule has 0 aliphatic carbocycles. The smallest absolute Gasteiger partial charge is 0.334 e. The van der Waals surface area contributed by atoms with E-state index in [1.807, 2.05) is 0 Å². The van der Waals surface area contributed by atoms with Crippen molar-refractivity contribution in [2.24, 2.45) is 0 Å². The lowest BCUT2D eigenvalue weighted by molar-refractivity contribution is -0.203. The normalized spacial score (nSPS) is 20.8. The van der Waals surface area contributed by atoms with Gasteiger partial charge in [0.05, 0.1) is 7.11 Å². The molecule has 1 aliphatic rings. The highest BCUT2D eigenvalue weighted by Gasteiger charge is 2.33. The standard InChI is InChI=1S/C12H21NO5/c1-12(2,3)18-10(14)8-17-13-7-5-6-9(13)11(15)16-4/h9H,5-8H2,1-4H3/t9-/m0/s1. The van der Waals surface area contributed by atoms with Gasteiger partial charge < -0.3 is 9.47 Å². The van der Waals surface area contributed by atoms with Crippen molar-refractivity contribution < 1.29 is 23.9 Å². The van der Waals surface area contributed by atoms with Gasteiger partial charge in [-0.2, -0.15) is 5.06 Å². The molecule has 1 rings (SSSR count). The summed E-state index contributed by atoms with van der Waals surface area (Å²) in [6.45, 7) is 5.79. The monoisotopic (exact) mass is 259 g/mol. The number of methoxy groups -OCH3 is 1. The number of hydroxylamine groups is 2. The summed E-state index contributed by atoms with van der Waals surface area (Å²) >= 11 is 0. The fraction of sp³-hybridized carbons (Fsp3) is 0.833. The van der Waals surface area contributed by atoms with Gasteiger partial charge in [0, 0.05) is 6.54 Å². The van der Waals surface area contributed by atoms with Gasteiger partial charge in [0.1, 0.15) is 11.6 Å². The SMILES string of the molecule is COC(=O)[C@@H]1CCCN1OCC(=O)OC(C)(C)C. The molecule has 1 saturated heterocycles. The minimum Gasteiger partial charge on any atom is -0.468 e. The van der Waals surface area contributed by atoms with Crippen LogP contribution < -0.4 is 0 Å². The van der Waals surface area contributed by atoms with Gasteiger partial charge in [-0.05, 0) is 33.6 Å². The third kappa shape index (κ3) is 4.62. The molecule has 1 atom stereocenters. The number of carbonyl (C=O) groups excluding carboxylic acids is 2. The van der Waals surface area contributed by atoms with E-state index in [4.69, 9.17) is 9.57 Å². The Hall–Kier alpha value is -1.14. The van der Waals surface area contributed by atoms with Crippen LogP contribution in [-0.2, 0) is 23.9 Å². The minimum absolute atomic E-state index is 0.190. The second-order valence-electron chi connectivity index (χ2n) is 5.18. The van der Waals surface area contributed by atoms with E-state index in [-0.39, 0.29) is 12.6 Å². The molecule has 0 spiro atoms. The van der Waals surface area contributed by atoms with Crippen LogP contribution in [0.2, 0.25) is 0 Å². The van der Waals surface area contributed by atoms with E-state index in [2.05, 4.69) is 4.74 Å². The Bertz CT molecular complexity index is 310. The van der Waals surface area contributed by atoms with Gasteiger partial charge in [-0.3, -0.25) is 9.63 Å². The maximum Gasteiger partial charge on any atom is 0.334 e. The van der Waals surface area contributed by atoms with Gasteiger partial charge in [-0.25, -0.2) is 4.79 Å². The number of esters is 2. The van der Waals surface area contributed by atoms with E-state index in [9.17, 15) is 9.59 Å². The lowest BCUT2D eigenvalue weighted by Crippen LogP contribution is -2.39. The molecule has 6 heteroatoms. The molecule has 0 radical (unpaired) electrons. The molecule has 1 fully saturated rings. The molecule has 0 amide bonds. The van der Waals surface area contributed by atoms with E-state index in [1.54, 1.807) is 20.8 Å². The zero-order chi connectivity index (χ0) is 13.8. The molecular formula is C12H21NO5. The van der Waals surface area contributed by atoms with Crippen molar-refractivity contribution in [1.29, 1.82) is 0 Å². The van der Waals surface area contributed by atoms with Gasteiger partial charge in [0.25, 0.3) is 0 Å². The summed E-state index contributed by atoms with van der Waals surface area (Å²) < 4.78 is 9.79. The highest BCUT2D eigenvalue weighted by atomic mass is 16.7. The van der Waals surface area contributed by atoms with Crippen molar-refractivity contribution in [3.8, 4) is 0 Å². The molecule has 0 saturated carbocycles. The summed E-state index contributed by atoms with van der Waals surface area (Å²) in [5.74, 6) is -0.783. The van der Waals surface area contributed by atoms with Gasteiger partial charge in [0.15, 0.2) is 6.61 Å². The average molecular weight is 259 g/mol. The van der Waals surface area contributed by atoms with Crippen LogP contribution in [0.25, 0.3) is 0 Å². The van der Waals surface area contributed by atoms with E-state index >= 15 is 0 Å². The predicted molar refractivity (Wildman–Crippen MR) is 63.5 cm³/mol. The molecule has 0 bridgehead atoms. The average Bonchev–Trinajstić information content (AvgIpc) is 2.71. The van der Waals surface area contributed by atoms with Crippen LogP contribution in [-0.4, -0.2) is 48.9 Å². The van der Waals surface area contributed by atoms with Crippen molar-refractivity contribution >= 4 is 11.9 Å². The topological polar surface area (TPSA) is 65.1 Å². The largest absolute Gasteiger partial charge is 0.468 e. The molecule has 0 aromatic carbocycles. The van der Waals surface area contributed by atoms with Crippen molar-refractivity contribution in [3.63, 3.8) is 0 Å². The summed E-state index contributed by atoms with van der Waals surface area (Å²) in [7, 11) is 1.34. The van der Waals surface area contributed by atoms with E-state index in [0.717, 1.165) is 6.42 Å². The van der Waals surface area contributed by atoms with Crippen LogP contribution in [0.1, 0.15) is 33.6 Å². The van der Waals surface area contributed by atoms with Crippen molar-refractivity contribution in [1.82, 2.24) is 5.06 Å². The van der Waals surface area contributed by atoms with Crippen molar-refractivity contribution in [2.75, 3.05) is 20.3 Å². The predicted octanol–water partition coefficient (Wildman–Crippen LogP) is 0.897. The molecule has 0 aromatic heterocycles. The summed E-state index contributed by atoms with van der Waals surface area (Å²) in [6, 6.07) is -0.419. The highest BCUT2D eigenvalue weighted by Crippen LogP contribution is 2.18. The zero-order valence-electron chi connectivity index (χ0n) is 11.4. The molecule has 0 N–H and O–H groups in total. The number of carbonyl (C=O) groups is 2. The second kappa shape index (κ2) is 6.15. The fourth-order valence-corrected chi connectivity index (χ4v) is 1.77. The fourth-order valence-electron chi connectivity index (χ4n) is 1.77. The van der Waals surface area contributed by atoms with Gasteiger partial charge in [0.2, 0.25) is 0 Å². The van der Waals surface area contributed by atoms with Crippen LogP contribution in [0.5, 0.6) is 0 Å². The third-order valence-corrected chi connectivity index (χ3v) is 2.45. The minimum atomic E-state index is -0.535. The lowest BCUT2D eigenvalue weighted by Gasteiger charge is -2.23. The van der Waals surface area contributed by atoms with Gasteiger partial charge in [-0.1, -0.05) is 0 Å². The first-order chi connectivity index (χ1) is 8.33. The van der Waals surface area contributed by atoms with E-state index < -0.39 is 17.6 Å². The van der Waals surface area contributed by atoms with Crippen LogP contribution in [0.3, 0.4) is 0 Å². The van der Waals surface area contributed by atoms with Crippen LogP contribution in [0.4, 0.5) is 0 Å². The quantitative estimate of drug-likeness (QED) is 0.699. The third-order valence-electron chi connectivity index (χ3n) is 2.45. The number of rotatable bonds is 4. The second-order valence-corrected chi connectivity index (χ2v) is 5.18. The Morgan fingerprint density at radius 3 is 2.56 bits per heavy atom. The van der Waals surface area contributed by atoms with Crippen LogP contribution >= 0.6 is 0 Å². The highest BCUT2D eigenvalue weighted by molar-refractivity contribution is 5.76. The van der Waals surface area contributed by atoms with Crippen LogP contribution in [0.15, 0.2) is 0 Å². The lowest BCUT2D eigenvalue weighted by atomic mass is 10.2. The summed E-state index contributed by atoms with van der Waals surface area (Å²) in [4.78, 5) is 28.2. The number of ether oxygens (including phenoxy) is 2. The Balaban J connectivity index is 2.38. The first-order valence-electron chi connectivity index (χ1n) is 6.03.